The Bertz CT molecular complexity index is 1410. The van der Waals surface area contributed by atoms with Gasteiger partial charge < -0.3 is 9.80 Å². The average molecular weight is 533 g/mol. The van der Waals surface area contributed by atoms with Crippen molar-refractivity contribution in [1.82, 2.24) is 19.5 Å². The predicted octanol–water partition coefficient (Wildman–Crippen LogP) is 2.89. The van der Waals surface area contributed by atoms with Crippen molar-refractivity contribution in [3.05, 3.63) is 60.4 Å². The number of aromatic nitrogens is 3. The molecule has 1 unspecified atom stereocenters. The number of sulfonamides is 1. The van der Waals surface area contributed by atoms with Gasteiger partial charge in [0.2, 0.25) is 10.0 Å². The van der Waals surface area contributed by atoms with Gasteiger partial charge in [0.25, 0.3) is 0 Å². The number of fused-ring (bicyclic) bond motifs is 1. The van der Waals surface area contributed by atoms with E-state index >= 15 is 0 Å². The SMILES string of the molecule is CC1Cc2cc(S(=O)(=O)N3CCN(c4ccc(-c5cccnc5)nn4)CC3)ccc2N1C(=O)C(F)(F)F. The van der Waals surface area contributed by atoms with E-state index in [0.717, 1.165) is 5.56 Å². The fraction of sp³-hybridized carbons (Fsp3) is 0.333. The van der Waals surface area contributed by atoms with Gasteiger partial charge in [0.15, 0.2) is 5.82 Å². The van der Waals surface area contributed by atoms with Gasteiger partial charge in [-0.05, 0) is 61.4 Å². The molecule has 1 atom stereocenters. The molecule has 9 nitrogen and oxygen atoms in total. The molecule has 37 heavy (non-hydrogen) atoms. The van der Waals surface area contributed by atoms with E-state index in [9.17, 15) is 26.4 Å². The van der Waals surface area contributed by atoms with Gasteiger partial charge in [-0.2, -0.15) is 17.5 Å². The molecule has 13 heteroatoms. The zero-order valence-electron chi connectivity index (χ0n) is 19.8. The molecule has 5 rings (SSSR count). The zero-order chi connectivity index (χ0) is 26.4. The summed E-state index contributed by atoms with van der Waals surface area (Å²) in [6, 6.07) is 10.5. The zero-order valence-corrected chi connectivity index (χ0v) is 20.6. The molecular formula is C24H23F3N6O3S. The lowest BCUT2D eigenvalue weighted by molar-refractivity contribution is -0.170. The Morgan fingerprint density at radius 1 is 1.03 bits per heavy atom. The van der Waals surface area contributed by atoms with Crippen molar-refractivity contribution in [2.75, 3.05) is 36.0 Å². The second-order valence-electron chi connectivity index (χ2n) is 8.93. The van der Waals surface area contributed by atoms with Crippen LogP contribution in [0, 0.1) is 0 Å². The maximum atomic E-state index is 13.3. The summed E-state index contributed by atoms with van der Waals surface area (Å²) in [5.74, 6) is -1.33. The highest BCUT2D eigenvalue weighted by atomic mass is 32.2. The molecule has 2 aromatic heterocycles. The van der Waals surface area contributed by atoms with E-state index in [1.165, 1.54) is 29.4 Å². The van der Waals surface area contributed by atoms with Crippen LogP contribution in [-0.2, 0) is 21.2 Å². The minimum Gasteiger partial charge on any atom is -0.352 e. The summed E-state index contributed by atoms with van der Waals surface area (Å²) >= 11 is 0. The highest BCUT2D eigenvalue weighted by Gasteiger charge is 2.47. The molecule has 194 valence electrons. The van der Waals surface area contributed by atoms with Crippen LogP contribution < -0.4 is 9.80 Å². The molecule has 4 heterocycles. The second-order valence-corrected chi connectivity index (χ2v) is 10.9. The Kier molecular flexibility index (Phi) is 6.36. The molecular weight excluding hydrogens is 509 g/mol. The number of carbonyl (C=O) groups is 1. The molecule has 1 fully saturated rings. The van der Waals surface area contributed by atoms with E-state index in [2.05, 4.69) is 15.2 Å². The van der Waals surface area contributed by atoms with Crippen molar-refractivity contribution in [1.29, 1.82) is 0 Å². The first-order chi connectivity index (χ1) is 17.6. The van der Waals surface area contributed by atoms with Crippen molar-refractivity contribution in [3.63, 3.8) is 0 Å². The highest BCUT2D eigenvalue weighted by Crippen LogP contribution is 2.37. The van der Waals surface area contributed by atoms with Gasteiger partial charge in [-0.25, -0.2) is 8.42 Å². The Labute approximate surface area is 211 Å². The van der Waals surface area contributed by atoms with E-state index in [1.807, 2.05) is 29.2 Å². The van der Waals surface area contributed by atoms with Crippen molar-refractivity contribution < 1.29 is 26.4 Å². The number of piperazine rings is 1. The molecule has 2 aliphatic heterocycles. The number of hydrogen-bond acceptors (Lipinski definition) is 7. The third-order valence-corrected chi connectivity index (χ3v) is 8.43. The number of benzene rings is 1. The molecule has 1 amide bonds. The summed E-state index contributed by atoms with van der Waals surface area (Å²) in [7, 11) is -3.88. The minimum absolute atomic E-state index is 0.00572. The van der Waals surface area contributed by atoms with E-state index < -0.39 is 28.1 Å². The summed E-state index contributed by atoms with van der Waals surface area (Å²) in [6.45, 7) is 2.72. The lowest BCUT2D eigenvalue weighted by Crippen LogP contribution is -2.49. The average Bonchev–Trinajstić information content (AvgIpc) is 3.23. The van der Waals surface area contributed by atoms with Gasteiger partial charge in [-0.3, -0.25) is 9.78 Å². The number of alkyl halides is 3. The molecule has 2 aliphatic rings. The fourth-order valence-electron chi connectivity index (χ4n) is 4.68. The van der Waals surface area contributed by atoms with Gasteiger partial charge in [-0.15, -0.1) is 10.2 Å². The molecule has 0 aliphatic carbocycles. The highest BCUT2D eigenvalue weighted by molar-refractivity contribution is 7.89. The number of halogens is 3. The maximum absolute atomic E-state index is 13.3. The Morgan fingerprint density at radius 3 is 2.41 bits per heavy atom. The first kappa shape index (κ1) is 25.1. The van der Waals surface area contributed by atoms with Gasteiger partial charge in [0.1, 0.15) is 0 Å². The number of carbonyl (C=O) groups excluding carboxylic acids is 1. The van der Waals surface area contributed by atoms with Crippen LogP contribution in [0.15, 0.2) is 59.8 Å². The van der Waals surface area contributed by atoms with Crippen LogP contribution in [0.25, 0.3) is 11.3 Å². The summed E-state index contributed by atoms with van der Waals surface area (Å²) in [6.07, 6.45) is -1.50. The van der Waals surface area contributed by atoms with Gasteiger partial charge in [-0.1, -0.05) is 0 Å². The van der Waals surface area contributed by atoms with Gasteiger partial charge >= 0.3 is 12.1 Å². The molecule has 0 spiro atoms. The van der Waals surface area contributed by atoms with E-state index in [4.69, 9.17) is 0 Å². The third kappa shape index (κ3) is 4.76. The monoisotopic (exact) mass is 532 g/mol. The molecule has 0 radical (unpaired) electrons. The van der Waals surface area contributed by atoms with Gasteiger partial charge in [0, 0.05) is 55.9 Å². The predicted molar refractivity (Wildman–Crippen MR) is 129 cm³/mol. The molecule has 3 aromatic rings. The Hall–Kier alpha value is -3.58. The lowest BCUT2D eigenvalue weighted by Gasteiger charge is -2.34. The van der Waals surface area contributed by atoms with Crippen LogP contribution in [0.3, 0.4) is 0 Å². The summed E-state index contributed by atoms with van der Waals surface area (Å²) in [5, 5.41) is 8.53. The first-order valence-electron chi connectivity index (χ1n) is 11.6. The van der Waals surface area contributed by atoms with Gasteiger partial charge in [0.05, 0.1) is 10.6 Å². The molecule has 0 bridgehead atoms. The number of rotatable bonds is 4. The minimum atomic E-state index is -5.01. The number of amides is 1. The number of anilines is 2. The van der Waals surface area contributed by atoms with Crippen LogP contribution in [0.1, 0.15) is 12.5 Å². The summed E-state index contributed by atoms with van der Waals surface area (Å²) in [5.41, 5.74) is 2.01. The van der Waals surface area contributed by atoms with Crippen molar-refractivity contribution >= 4 is 27.4 Å². The first-order valence-corrected chi connectivity index (χ1v) is 13.0. The van der Waals surface area contributed by atoms with Crippen molar-refractivity contribution in [3.8, 4) is 11.3 Å². The fourth-order valence-corrected chi connectivity index (χ4v) is 6.16. The quantitative estimate of drug-likeness (QED) is 0.510. The summed E-state index contributed by atoms with van der Waals surface area (Å²) in [4.78, 5) is 18.6. The van der Waals surface area contributed by atoms with Crippen molar-refractivity contribution in [2.24, 2.45) is 0 Å². The topological polar surface area (TPSA) is 99.6 Å². The standard InChI is InChI=1S/C24H23F3N6O3S/c1-16-13-18-14-19(4-6-21(18)33(16)23(34)24(25,26)27)37(35,36)32-11-9-31(10-12-32)22-7-5-20(29-30-22)17-3-2-8-28-15-17/h2-8,14-16H,9-13H2,1H3. The van der Waals surface area contributed by atoms with Crippen LogP contribution in [0.2, 0.25) is 0 Å². The number of pyridine rings is 1. The Morgan fingerprint density at radius 2 is 1.78 bits per heavy atom. The van der Waals surface area contributed by atoms with E-state index in [0.29, 0.717) is 35.1 Å². The van der Waals surface area contributed by atoms with Crippen LogP contribution in [0.4, 0.5) is 24.7 Å². The van der Waals surface area contributed by atoms with Crippen LogP contribution in [0.5, 0.6) is 0 Å². The van der Waals surface area contributed by atoms with Crippen molar-refractivity contribution in [2.45, 2.75) is 30.5 Å². The smallest absolute Gasteiger partial charge is 0.352 e. The van der Waals surface area contributed by atoms with Crippen LogP contribution >= 0.6 is 0 Å². The lowest BCUT2D eigenvalue weighted by atomic mass is 10.1. The summed E-state index contributed by atoms with van der Waals surface area (Å²) < 4.78 is 67.0. The van der Waals surface area contributed by atoms with Crippen LogP contribution in [-0.4, -0.2) is 72.2 Å². The number of hydrogen-bond donors (Lipinski definition) is 0. The Balaban J connectivity index is 1.28. The molecule has 0 saturated carbocycles. The molecule has 0 N–H and O–H groups in total. The largest absolute Gasteiger partial charge is 0.471 e. The molecule has 1 aromatic carbocycles. The second kappa shape index (κ2) is 9.38. The number of nitrogens with zero attached hydrogens (tertiary/aromatic N) is 6. The van der Waals surface area contributed by atoms with E-state index in [-0.39, 0.29) is 30.1 Å². The normalized spacial score (nSPS) is 18.6. The third-order valence-electron chi connectivity index (χ3n) is 6.54. The molecule has 1 saturated heterocycles. The van der Waals surface area contributed by atoms with E-state index in [1.54, 1.807) is 12.4 Å². The maximum Gasteiger partial charge on any atom is 0.471 e.